The van der Waals surface area contributed by atoms with Crippen molar-refractivity contribution in [2.75, 3.05) is 6.61 Å². The van der Waals surface area contributed by atoms with Crippen LogP contribution >= 0.6 is 0 Å². The standard InChI is InChI=1S/C9H9FN2O4/c10-5-3-8(16-6(5)4-13)12-2-1-7(14)11-9(12)15/h1-3,6,8,13H,4H2,(H,11,14,15)/t6-,8+/m0/s1. The zero-order chi connectivity index (χ0) is 11.7. The zero-order valence-corrected chi connectivity index (χ0v) is 8.09. The molecule has 2 heterocycles. The molecular formula is C9H9FN2O4. The molecule has 0 saturated carbocycles. The van der Waals surface area contributed by atoms with Crippen molar-refractivity contribution in [3.63, 3.8) is 0 Å². The average Bonchev–Trinajstić information content (AvgIpc) is 2.59. The maximum Gasteiger partial charge on any atom is 0.330 e. The van der Waals surface area contributed by atoms with E-state index in [1.807, 2.05) is 4.98 Å². The fourth-order valence-corrected chi connectivity index (χ4v) is 1.42. The number of rotatable bonds is 2. The van der Waals surface area contributed by atoms with Gasteiger partial charge in [0.25, 0.3) is 5.56 Å². The molecule has 0 radical (unpaired) electrons. The summed E-state index contributed by atoms with van der Waals surface area (Å²) < 4.78 is 19.2. The lowest BCUT2D eigenvalue weighted by atomic mass is 10.3. The van der Waals surface area contributed by atoms with Crippen LogP contribution in [0.15, 0.2) is 33.8 Å². The summed E-state index contributed by atoms with van der Waals surface area (Å²) in [5.74, 6) is -0.634. The van der Waals surface area contributed by atoms with Gasteiger partial charge in [-0.2, -0.15) is 0 Å². The maximum atomic E-state index is 13.1. The van der Waals surface area contributed by atoms with Crippen LogP contribution < -0.4 is 11.2 Å². The molecule has 0 aromatic carbocycles. The fraction of sp³-hybridized carbons (Fsp3) is 0.333. The Morgan fingerprint density at radius 2 is 2.31 bits per heavy atom. The Balaban J connectivity index is 2.34. The number of aliphatic hydroxyl groups is 1. The minimum Gasteiger partial charge on any atom is -0.393 e. The predicted molar refractivity (Wildman–Crippen MR) is 51.5 cm³/mol. The van der Waals surface area contributed by atoms with Crippen LogP contribution in [0, 0.1) is 0 Å². The van der Waals surface area contributed by atoms with Crippen LogP contribution in [0.2, 0.25) is 0 Å². The van der Waals surface area contributed by atoms with Gasteiger partial charge in [-0.1, -0.05) is 0 Å². The molecule has 1 aliphatic heterocycles. The van der Waals surface area contributed by atoms with Crippen molar-refractivity contribution >= 4 is 0 Å². The first-order valence-electron chi connectivity index (χ1n) is 4.57. The molecule has 2 rings (SSSR count). The molecule has 0 aliphatic carbocycles. The van der Waals surface area contributed by atoms with E-state index in [1.54, 1.807) is 0 Å². The van der Waals surface area contributed by atoms with Crippen molar-refractivity contribution in [1.82, 2.24) is 9.55 Å². The van der Waals surface area contributed by atoms with Gasteiger partial charge < -0.3 is 9.84 Å². The highest BCUT2D eigenvalue weighted by Crippen LogP contribution is 2.26. The lowest BCUT2D eigenvalue weighted by Gasteiger charge is -2.13. The highest BCUT2D eigenvalue weighted by molar-refractivity contribution is 5.08. The second kappa shape index (κ2) is 4.03. The number of halogens is 1. The number of nitrogens with one attached hydrogen (secondary N) is 1. The molecule has 2 atom stereocenters. The number of aliphatic hydroxyl groups excluding tert-OH is 1. The van der Waals surface area contributed by atoms with Gasteiger partial charge in [0.1, 0.15) is 11.9 Å². The van der Waals surface area contributed by atoms with E-state index in [2.05, 4.69) is 0 Å². The van der Waals surface area contributed by atoms with Crippen molar-refractivity contribution < 1.29 is 14.2 Å². The number of hydrogen-bond acceptors (Lipinski definition) is 4. The van der Waals surface area contributed by atoms with Crippen LogP contribution in [0.5, 0.6) is 0 Å². The van der Waals surface area contributed by atoms with E-state index in [4.69, 9.17) is 9.84 Å². The number of ether oxygens (including phenoxy) is 1. The van der Waals surface area contributed by atoms with E-state index < -0.39 is 36.0 Å². The largest absolute Gasteiger partial charge is 0.393 e. The van der Waals surface area contributed by atoms with E-state index in [0.29, 0.717) is 0 Å². The first kappa shape index (κ1) is 10.8. The van der Waals surface area contributed by atoms with Crippen molar-refractivity contribution in [2.24, 2.45) is 0 Å². The molecule has 16 heavy (non-hydrogen) atoms. The Morgan fingerprint density at radius 3 is 2.88 bits per heavy atom. The third-order valence-corrected chi connectivity index (χ3v) is 2.20. The second-order valence-electron chi connectivity index (χ2n) is 3.27. The van der Waals surface area contributed by atoms with Gasteiger partial charge in [-0.25, -0.2) is 9.18 Å². The monoisotopic (exact) mass is 228 g/mol. The molecule has 2 N–H and O–H groups in total. The topological polar surface area (TPSA) is 84.3 Å². The van der Waals surface area contributed by atoms with E-state index in [-0.39, 0.29) is 0 Å². The minimum absolute atomic E-state index is 0.503. The maximum absolute atomic E-state index is 13.1. The van der Waals surface area contributed by atoms with E-state index in [1.165, 1.54) is 6.20 Å². The molecule has 0 unspecified atom stereocenters. The van der Waals surface area contributed by atoms with Gasteiger partial charge in [0.15, 0.2) is 6.23 Å². The first-order valence-corrected chi connectivity index (χ1v) is 4.57. The number of hydrogen-bond donors (Lipinski definition) is 2. The quantitative estimate of drug-likeness (QED) is 0.699. The second-order valence-corrected chi connectivity index (χ2v) is 3.27. The van der Waals surface area contributed by atoms with Crippen LogP contribution in [-0.4, -0.2) is 27.4 Å². The zero-order valence-electron chi connectivity index (χ0n) is 8.09. The Morgan fingerprint density at radius 1 is 1.56 bits per heavy atom. The van der Waals surface area contributed by atoms with Crippen molar-refractivity contribution in [1.29, 1.82) is 0 Å². The average molecular weight is 228 g/mol. The molecule has 6 nitrogen and oxygen atoms in total. The summed E-state index contributed by atoms with van der Waals surface area (Å²) in [5.41, 5.74) is -1.23. The number of nitrogens with zero attached hydrogens (tertiary/aromatic N) is 1. The Labute approximate surface area is 88.6 Å². The van der Waals surface area contributed by atoms with Gasteiger partial charge in [0.05, 0.1) is 6.61 Å². The molecule has 0 fully saturated rings. The fourth-order valence-electron chi connectivity index (χ4n) is 1.42. The first-order chi connectivity index (χ1) is 7.61. The summed E-state index contributed by atoms with van der Waals surface area (Å²) in [6.07, 6.45) is 0.279. The molecule has 86 valence electrons. The molecule has 1 aromatic heterocycles. The number of H-pyrrole nitrogens is 1. The van der Waals surface area contributed by atoms with Crippen LogP contribution in [0.4, 0.5) is 4.39 Å². The van der Waals surface area contributed by atoms with Gasteiger partial charge in [-0.05, 0) is 6.08 Å². The van der Waals surface area contributed by atoms with Gasteiger partial charge in [-0.3, -0.25) is 14.3 Å². The highest BCUT2D eigenvalue weighted by atomic mass is 19.1. The van der Waals surface area contributed by atoms with Gasteiger partial charge in [-0.15, -0.1) is 0 Å². The minimum atomic E-state index is -1.05. The number of aromatic nitrogens is 2. The van der Waals surface area contributed by atoms with Crippen molar-refractivity contribution in [3.05, 3.63) is 45.0 Å². The number of aromatic amines is 1. The molecule has 1 aromatic rings. The summed E-state index contributed by atoms with van der Waals surface area (Å²) in [6, 6.07) is 1.13. The van der Waals surface area contributed by atoms with Gasteiger partial charge in [0, 0.05) is 12.3 Å². The third-order valence-electron chi connectivity index (χ3n) is 2.20. The van der Waals surface area contributed by atoms with Gasteiger partial charge >= 0.3 is 5.69 Å². The smallest absolute Gasteiger partial charge is 0.330 e. The van der Waals surface area contributed by atoms with Crippen molar-refractivity contribution in [2.45, 2.75) is 12.3 Å². The van der Waals surface area contributed by atoms with E-state index >= 15 is 0 Å². The molecule has 1 aliphatic rings. The van der Waals surface area contributed by atoms with Crippen LogP contribution in [0.25, 0.3) is 0 Å². The summed E-state index contributed by atoms with van der Waals surface area (Å²) in [5, 5.41) is 8.76. The Hall–Kier alpha value is -1.73. The summed E-state index contributed by atoms with van der Waals surface area (Å²) in [6.45, 7) is -0.503. The Bertz CT molecular complexity index is 533. The van der Waals surface area contributed by atoms with Crippen LogP contribution in [-0.2, 0) is 4.74 Å². The summed E-state index contributed by atoms with van der Waals surface area (Å²) in [7, 11) is 0. The van der Waals surface area contributed by atoms with E-state index in [9.17, 15) is 14.0 Å². The summed E-state index contributed by atoms with van der Waals surface area (Å²) >= 11 is 0. The highest BCUT2D eigenvalue weighted by Gasteiger charge is 2.28. The van der Waals surface area contributed by atoms with Crippen LogP contribution in [0.3, 0.4) is 0 Å². The molecular weight excluding hydrogens is 219 g/mol. The predicted octanol–water partition coefficient (Wildman–Crippen LogP) is -0.720. The lowest BCUT2D eigenvalue weighted by molar-refractivity contribution is -0.0199. The van der Waals surface area contributed by atoms with Gasteiger partial charge in [0.2, 0.25) is 0 Å². The van der Waals surface area contributed by atoms with E-state index in [0.717, 1.165) is 16.7 Å². The molecule has 0 spiro atoms. The summed E-state index contributed by atoms with van der Waals surface area (Å²) in [4.78, 5) is 24.2. The third kappa shape index (κ3) is 1.82. The Kier molecular flexibility index (Phi) is 2.71. The molecule has 0 saturated heterocycles. The normalized spacial score (nSPS) is 24.5. The molecule has 0 bridgehead atoms. The lowest BCUT2D eigenvalue weighted by Crippen LogP contribution is -2.31. The molecule has 0 amide bonds. The molecule has 7 heteroatoms. The van der Waals surface area contributed by atoms with Crippen LogP contribution in [0.1, 0.15) is 6.23 Å². The van der Waals surface area contributed by atoms with Crippen molar-refractivity contribution in [3.8, 4) is 0 Å². The SMILES string of the molecule is O=c1ccn([C@H]2C=C(F)[C@H](CO)O2)c(=O)[nH]1.